The Hall–Kier alpha value is -1.79. The van der Waals surface area contributed by atoms with E-state index in [0.29, 0.717) is 6.54 Å². The highest BCUT2D eigenvalue weighted by Gasteiger charge is 2.19. The molecule has 1 aromatic rings. The number of piperazine rings is 1. The van der Waals surface area contributed by atoms with Gasteiger partial charge in [0.15, 0.2) is 5.96 Å². The minimum absolute atomic E-state index is 0.123. The van der Waals surface area contributed by atoms with Crippen LogP contribution in [0.4, 0.5) is 0 Å². The van der Waals surface area contributed by atoms with Gasteiger partial charge in [0.25, 0.3) is 0 Å². The Morgan fingerprint density at radius 3 is 2.71 bits per heavy atom. The molecule has 1 aliphatic heterocycles. The SMILES string of the molecule is Cc1cccc(OCC(O)CN2CCN(C(=N)N)CC2)c1. The highest BCUT2D eigenvalue weighted by Crippen LogP contribution is 2.12. The molecule has 0 spiro atoms. The van der Waals surface area contributed by atoms with Gasteiger partial charge < -0.3 is 20.5 Å². The number of rotatable bonds is 5. The van der Waals surface area contributed by atoms with Crippen LogP contribution in [0, 0.1) is 12.3 Å². The average molecular weight is 292 g/mol. The Morgan fingerprint density at radius 2 is 2.10 bits per heavy atom. The Balaban J connectivity index is 1.70. The van der Waals surface area contributed by atoms with Crippen molar-refractivity contribution in [1.82, 2.24) is 9.80 Å². The van der Waals surface area contributed by atoms with Gasteiger partial charge in [-0.2, -0.15) is 0 Å². The molecule has 4 N–H and O–H groups in total. The molecular weight excluding hydrogens is 268 g/mol. The van der Waals surface area contributed by atoms with Crippen molar-refractivity contribution in [3.05, 3.63) is 29.8 Å². The number of nitrogens with one attached hydrogen (secondary N) is 1. The number of hydrogen-bond acceptors (Lipinski definition) is 4. The summed E-state index contributed by atoms with van der Waals surface area (Å²) in [4.78, 5) is 4.01. The monoisotopic (exact) mass is 292 g/mol. The van der Waals surface area contributed by atoms with Crippen molar-refractivity contribution in [3.8, 4) is 5.75 Å². The number of benzene rings is 1. The lowest BCUT2D eigenvalue weighted by molar-refractivity contribution is 0.0554. The number of nitrogens with zero attached hydrogens (tertiary/aromatic N) is 2. The molecule has 21 heavy (non-hydrogen) atoms. The molecule has 1 saturated heterocycles. The van der Waals surface area contributed by atoms with Gasteiger partial charge in [-0.3, -0.25) is 10.3 Å². The molecule has 0 aromatic heterocycles. The second kappa shape index (κ2) is 7.28. The maximum absolute atomic E-state index is 10.1. The summed E-state index contributed by atoms with van der Waals surface area (Å²) in [6.07, 6.45) is -0.519. The molecule has 116 valence electrons. The fourth-order valence-corrected chi connectivity index (χ4v) is 2.42. The zero-order valence-corrected chi connectivity index (χ0v) is 12.5. The summed E-state index contributed by atoms with van der Waals surface area (Å²) in [6.45, 7) is 5.97. The van der Waals surface area contributed by atoms with E-state index in [-0.39, 0.29) is 12.6 Å². The summed E-state index contributed by atoms with van der Waals surface area (Å²) in [5, 5.41) is 17.5. The molecule has 0 saturated carbocycles. The maximum atomic E-state index is 10.1. The second-order valence-electron chi connectivity index (χ2n) is 5.45. The molecule has 0 radical (unpaired) electrons. The van der Waals surface area contributed by atoms with Crippen molar-refractivity contribution in [2.45, 2.75) is 13.0 Å². The third-order valence-electron chi connectivity index (χ3n) is 3.61. The molecule has 1 fully saturated rings. The number of aryl methyl sites for hydroxylation is 1. The minimum atomic E-state index is -0.519. The third kappa shape index (κ3) is 4.91. The van der Waals surface area contributed by atoms with Gasteiger partial charge >= 0.3 is 0 Å². The Kier molecular flexibility index (Phi) is 5.41. The first-order valence-electron chi connectivity index (χ1n) is 7.23. The molecule has 2 rings (SSSR count). The van der Waals surface area contributed by atoms with Crippen molar-refractivity contribution in [1.29, 1.82) is 5.41 Å². The summed E-state index contributed by atoms with van der Waals surface area (Å²) < 4.78 is 5.61. The van der Waals surface area contributed by atoms with Crippen LogP contribution in [0.15, 0.2) is 24.3 Å². The quantitative estimate of drug-likeness (QED) is 0.535. The van der Waals surface area contributed by atoms with E-state index in [0.717, 1.165) is 37.5 Å². The van der Waals surface area contributed by atoms with Crippen LogP contribution < -0.4 is 10.5 Å². The minimum Gasteiger partial charge on any atom is -0.491 e. The van der Waals surface area contributed by atoms with Gasteiger partial charge in [0.05, 0.1) is 0 Å². The van der Waals surface area contributed by atoms with Gasteiger partial charge in [-0.15, -0.1) is 0 Å². The van der Waals surface area contributed by atoms with Crippen molar-refractivity contribution in [3.63, 3.8) is 0 Å². The van der Waals surface area contributed by atoms with E-state index >= 15 is 0 Å². The topological polar surface area (TPSA) is 85.8 Å². The lowest BCUT2D eigenvalue weighted by Gasteiger charge is -2.35. The van der Waals surface area contributed by atoms with E-state index < -0.39 is 6.10 Å². The smallest absolute Gasteiger partial charge is 0.188 e. The van der Waals surface area contributed by atoms with Gasteiger partial charge in [-0.1, -0.05) is 12.1 Å². The van der Waals surface area contributed by atoms with Crippen LogP contribution in [-0.2, 0) is 0 Å². The van der Waals surface area contributed by atoms with Gasteiger partial charge in [0.1, 0.15) is 18.5 Å². The summed E-state index contributed by atoms with van der Waals surface area (Å²) >= 11 is 0. The average Bonchev–Trinajstić information content (AvgIpc) is 2.46. The molecule has 1 aromatic carbocycles. The molecule has 0 amide bonds. The molecule has 1 heterocycles. The molecule has 0 bridgehead atoms. The van der Waals surface area contributed by atoms with E-state index in [2.05, 4.69) is 4.90 Å². The first kappa shape index (κ1) is 15.6. The first-order valence-corrected chi connectivity index (χ1v) is 7.23. The fraction of sp³-hybridized carbons (Fsp3) is 0.533. The van der Waals surface area contributed by atoms with E-state index in [9.17, 15) is 5.11 Å². The zero-order valence-electron chi connectivity index (χ0n) is 12.5. The Labute approximate surface area is 125 Å². The lowest BCUT2D eigenvalue weighted by atomic mass is 10.2. The molecule has 1 aliphatic rings. The van der Waals surface area contributed by atoms with Crippen molar-refractivity contribution >= 4 is 5.96 Å². The summed E-state index contributed by atoms with van der Waals surface area (Å²) in [6, 6.07) is 7.81. The molecule has 0 aliphatic carbocycles. The van der Waals surface area contributed by atoms with Crippen LogP contribution in [0.2, 0.25) is 0 Å². The summed E-state index contributed by atoms with van der Waals surface area (Å²) in [7, 11) is 0. The van der Waals surface area contributed by atoms with Crippen LogP contribution in [0.1, 0.15) is 5.56 Å². The van der Waals surface area contributed by atoms with Crippen LogP contribution >= 0.6 is 0 Å². The van der Waals surface area contributed by atoms with Gasteiger partial charge in [-0.25, -0.2) is 0 Å². The van der Waals surface area contributed by atoms with Crippen molar-refractivity contribution in [2.75, 3.05) is 39.3 Å². The van der Waals surface area contributed by atoms with Gasteiger partial charge in [0.2, 0.25) is 0 Å². The Morgan fingerprint density at radius 1 is 1.38 bits per heavy atom. The van der Waals surface area contributed by atoms with E-state index in [4.69, 9.17) is 15.9 Å². The van der Waals surface area contributed by atoms with Crippen LogP contribution in [-0.4, -0.2) is 66.3 Å². The van der Waals surface area contributed by atoms with Crippen molar-refractivity contribution in [2.24, 2.45) is 5.73 Å². The predicted molar refractivity (Wildman–Crippen MR) is 82.6 cm³/mol. The molecule has 1 atom stereocenters. The lowest BCUT2D eigenvalue weighted by Crippen LogP contribution is -2.52. The fourth-order valence-electron chi connectivity index (χ4n) is 2.42. The number of hydrogen-bond donors (Lipinski definition) is 3. The van der Waals surface area contributed by atoms with E-state index in [1.807, 2.05) is 36.1 Å². The normalized spacial score (nSPS) is 17.5. The third-order valence-corrected chi connectivity index (χ3v) is 3.61. The van der Waals surface area contributed by atoms with Crippen LogP contribution in [0.3, 0.4) is 0 Å². The number of nitrogens with two attached hydrogens (primary N) is 1. The maximum Gasteiger partial charge on any atom is 0.188 e. The van der Waals surface area contributed by atoms with Gasteiger partial charge in [0, 0.05) is 32.7 Å². The van der Waals surface area contributed by atoms with Gasteiger partial charge in [-0.05, 0) is 24.6 Å². The van der Waals surface area contributed by atoms with Crippen LogP contribution in [0.25, 0.3) is 0 Å². The summed E-state index contributed by atoms with van der Waals surface area (Å²) in [5.41, 5.74) is 6.60. The highest BCUT2D eigenvalue weighted by molar-refractivity contribution is 5.74. The number of β-amino-alcohol motifs (C(OH)–C–C–N with tert-alkyl or cyclic N) is 1. The van der Waals surface area contributed by atoms with E-state index in [1.165, 1.54) is 0 Å². The number of guanidine groups is 1. The molecule has 6 nitrogen and oxygen atoms in total. The molecule has 1 unspecified atom stereocenters. The number of ether oxygens (including phenoxy) is 1. The highest BCUT2D eigenvalue weighted by atomic mass is 16.5. The largest absolute Gasteiger partial charge is 0.491 e. The van der Waals surface area contributed by atoms with Crippen LogP contribution in [0.5, 0.6) is 5.75 Å². The standard InChI is InChI=1S/C15H24N4O2/c1-12-3-2-4-14(9-12)21-11-13(20)10-18-5-7-19(8-6-18)15(16)17/h2-4,9,13,20H,5-8,10-11H2,1H3,(H3,16,17). The Bertz CT molecular complexity index is 472. The molecular formula is C15H24N4O2. The number of aliphatic hydroxyl groups is 1. The second-order valence-corrected chi connectivity index (χ2v) is 5.45. The zero-order chi connectivity index (χ0) is 15.2. The van der Waals surface area contributed by atoms with Crippen molar-refractivity contribution < 1.29 is 9.84 Å². The summed E-state index contributed by atoms with van der Waals surface area (Å²) in [5.74, 6) is 0.911. The number of aliphatic hydroxyl groups excluding tert-OH is 1. The molecule has 6 heteroatoms. The first-order chi connectivity index (χ1) is 10.0. The van der Waals surface area contributed by atoms with E-state index in [1.54, 1.807) is 0 Å². The predicted octanol–water partition coefficient (Wildman–Crippen LogP) is 0.246.